The molecule has 0 saturated heterocycles. The molecule has 0 fully saturated rings. The van der Waals surface area contributed by atoms with E-state index < -0.39 is 40.4 Å². The maximum absolute atomic E-state index is 14.7. The molecule has 1 aromatic heterocycles. The third-order valence-electron chi connectivity index (χ3n) is 10.9. The molecule has 7 rings (SSSR count). The SMILES string of the molecule is CCNC(=O)N1N=C(c2cc(F)ccc2F)CC1(CCCN)c1ccccc1.CCNC(=O)N1N=C(c2cc(F)ccc2F)CC1(CCCNC(=O)c1ncc[nH]1)c1ccccc1. The molecule has 330 valence electrons. The van der Waals surface area contributed by atoms with Gasteiger partial charge in [0.05, 0.1) is 22.5 Å². The van der Waals surface area contributed by atoms with E-state index in [1.165, 1.54) is 16.2 Å². The summed E-state index contributed by atoms with van der Waals surface area (Å²) in [5.74, 6) is -2.46. The average Bonchev–Trinajstić information content (AvgIpc) is 4.07. The van der Waals surface area contributed by atoms with Crippen LogP contribution in [-0.4, -0.2) is 75.6 Å². The second kappa shape index (κ2) is 20.8. The zero-order chi connectivity index (χ0) is 45.0. The number of nitrogens with zero attached hydrogens (tertiary/aromatic N) is 5. The molecule has 0 spiro atoms. The number of carbonyl (C=O) groups is 3. The van der Waals surface area contributed by atoms with E-state index in [1.807, 2.05) is 67.6 Å². The molecular weight excluding hydrogens is 817 g/mol. The number of hydrogen-bond donors (Lipinski definition) is 5. The Morgan fingerprint density at radius 3 is 1.59 bits per heavy atom. The lowest BCUT2D eigenvalue weighted by Gasteiger charge is -2.37. The lowest BCUT2D eigenvalue weighted by atomic mass is 9.80. The van der Waals surface area contributed by atoms with E-state index in [0.717, 1.165) is 47.5 Å². The van der Waals surface area contributed by atoms with Crippen LogP contribution in [0.4, 0.5) is 27.2 Å². The minimum absolute atomic E-state index is 0.0169. The lowest BCUT2D eigenvalue weighted by Crippen LogP contribution is -2.48. The van der Waals surface area contributed by atoms with Gasteiger partial charge in [0.25, 0.3) is 5.91 Å². The molecule has 0 aliphatic carbocycles. The Kier molecular flexibility index (Phi) is 15.1. The fourth-order valence-corrected chi connectivity index (χ4v) is 7.95. The molecule has 6 N–H and O–H groups in total. The summed E-state index contributed by atoms with van der Waals surface area (Å²) in [6.07, 6.45) is 5.62. The summed E-state index contributed by atoms with van der Waals surface area (Å²) in [6, 6.07) is 24.5. The van der Waals surface area contributed by atoms with Crippen LogP contribution in [0.3, 0.4) is 0 Å². The van der Waals surface area contributed by atoms with Gasteiger partial charge in [-0.1, -0.05) is 60.7 Å². The van der Waals surface area contributed by atoms with Gasteiger partial charge in [0.2, 0.25) is 0 Å². The molecule has 2 unspecified atom stereocenters. The highest BCUT2D eigenvalue weighted by molar-refractivity contribution is 6.04. The van der Waals surface area contributed by atoms with Crippen molar-refractivity contribution in [3.8, 4) is 0 Å². The molecule has 63 heavy (non-hydrogen) atoms. The lowest BCUT2D eigenvalue weighted by molar-refractivity contribution is 0.0934. The number of halogens is 4. The van der Waals surface area contributed by atoms with Gasteiger partial charge < -0.3 is 26.7 Å². The first-order valence-electron chi connectivity index (χ1n) is 20.8. The van der Waals surface area contributed by atoms with E-state index in [4.69, 9.17) is 5.73 Å². The summed E-state index contributed by atoms with van der Waals surface area (Å²) in [7, 11) is 0. The first-order chi connectivity index (χ1) is 30.5. The van der Waals surface area contributed by atoms with Gasteiger partial charge >= 0.3 is 12.1 Å². The van der Waals surface area contributed by atoms with Gasteiger partial charge in [-0.2, -0.15) is 10.2 Å². The number of aromatic amines is 1. The summed E-state index contributed by atoms with van der Waals surface area (Å²) in [4.78, 5) is 44.9. The van der Waals surface area contributed by atoms with Crippen molar-refractivity contribution < 1.29 is 31.9 Å². The van der Waals surface area contributed by atoms with Crippen molar-refractivity contribution in [2.24, 2.45) is 15.9 Å². The second-order valence-electron chi connectivity index (χ2n) is 15.0. The fourth-order valence-electron chi connectivity index (χ4n) is 7.95. The zero-order valence-electron chi connectivity index (χ0n) is 35.0. The predicted octanol–water partition coefficient (Wildman–Crippen LogP) is 7.67. The number of nitrogens with one attached hydrogen (secondary N) is 4. The average molecular weight is 867 g/mol. The number of nitrogens with two attached hydrogens (primary N) is 1. The quantitative estimate of drug-likeness (QED) is 0.0569. The second-order valence-corrected chi connectivity index (χ2v) is 15.0. The van der Waals surface area contributed by atoms with Gasteiger partial charge in [-0.05, 0) is 93.6 Å². The molecule has 2 aliphatic rings. The number of imidazole rings is 1. The molecule has 4 aromatic carbocycles. The smallest absolute Gasteiger partial charge is 0.338 e. The Morgan fingerprint density at radius 2 is 1.16 bits per heavy atom. The minimum Gasteiger partial charge on any atom is -0.349 e. The number of aromatic nitrogens is 2. The van der Waals surface area contributed by atoms with Crippen molar-refractivity contribution in [1.82, 2.24) is 35.9 Å². The summed E-state index contributed by atoms with van der Waals surface area (Å²) >= 11 is 0. The number of urea groups is 2. The Labute approximate surface area is 362 Å². The molecule has 2 atom stereocenters. The van der Waals surface area contributed by atoms with Crippen molar-refractivity contribution in [1.29, 1.82) is 0 Å². The molecule has 0 radical (unpaired) electrons. The molecule has 5 amide bonds. The van der Waals surface area contributed by atoms with E-state index in [9.17, 15) is 31.9 Å². The molecule has 3 heterocycles. The van der Waals surface area contributed by atoms with Gasteiger partial charge in [-0.3, -0.25) is 4.79 Å². The summed E-state index contributed by atoms with van der Waals surface area (Å²) in [6.45, 7) is 5.17. The van der Waals surface area contributed by atoms with E-state index in [1.54, 1.807) is 13.1 Å². The molecule has 2 aliphatic heterocycles. The van der Waals surface area contributed by atoms with Gasteiger partial charge in [-0.15, -0.1) is 0 Å². The van der Waals surface area contributed by atoms with Crippen molar-refractivity contribution >= 4 is 29.4 Å². The van der Waals surface area contributed by atoms with E-state index in [-0.39, 0.29) is 47.4 Å². The fraction of sp³-hybridized carbons (Fsp3) is 0.304. The van der Waals surface area contributed by atoms with E-state index in [2.05, 4.69) is 36.1 Å². The van der Waals surface area contributed by atoms with Gasteiger partial charge in [0, 0.05) is 56.0 Å². The van der Waals surface area contributed by atoms with Gasteiger partial charge in [0.1, 0.15) is 23.3 Å². The predicted molar refractivity (Wildman–Crippen MR) is 232 cm³/mol. The summed E-state index contributed by atoms with van der Waals surface area (Å²) in [5, 5.41) is 20.0. The maximum atomic E-state index is 14.7. The van der Waals surface area contributed by atoms with Crippen molar-refractivity contribution in [2.75, 3.05) is 26.2 Å². The Balaban J connectivity index is 0.000000215. The van der Waals surface area contributed by atoms with E-state index in [0.29, 0.717) is 57.6 Å². The first kappa shape index (κ1) is 45.6. The normalized spacial score (nSPS) is 18.0. The zero-order valence-corrected chi connectivity index (χ0v) is 35.0. The van der Waals surface area contributed by atoms with Crippen LogP contribution < -0.4 is 21.7 Å². The highest BCUT2D eigenvalue weighted by Gasteiger charge is 2.49. The maximum Gasteiger partial charge on any atom is 0.338 e. The van der Waals surface area contributed by atoms with Crippen LogP contribution in [0.25, 0.3) is 0 Å². The number of H-pyrrole nitrogens is 1. The summed E-state index contributed by atoms with van der Waals surface area (Å²) < 4.78 is 56.8. The van der Waals surface area contributed by atoms with E-state index >= 15 is 0 Å². The van der Waals surface area contributed by atoms with Crippen LogP contribution in [0.2, 0.25) is 0 Å². The molecule has 17 heteroatoms. The third kappa shape index (κ3) is 10.3. The van der Waals surface area contributed by atoms with Crippen LogP contribution in [-0.2, 0) is 11.1 Å². The van der Waals surface area contributed by atoms with Crippen LogP contribution in [0.15, 0.2) is 120 Å². The van der Waals surface area contributed by atoms with Crippen LogP contribution in [0.1, 0.15) is 85.2 Å². The van der Waals surface area contributed by atoms with Crippen molar-refractivity contribution in [3.63, 3.8) is 0 Å². The molecule has 13 nitrogen and oxygen atoms in total. The number of carbonyl (C=O) groups excluding carboxylic acids is 3. The van der Waals surface area contributed by atoms with Crippen LogP contribution >= 0.6 is 0 Å². The third-order valence-corrected chi connectivity index (χ3v) is 10.9. The monoisotopic (exact) mass is 866 g/mol. The van der Waals surface area contributed by atoms with Crippen molar-refractivity contribution in [2.45, 2.75) is 63.5 Å². The number of rotatable bonds is 14. The Morgan fingerprint density at radius 1 is 0.683 bits per heavy atom. The Hall–Kier alpha value is -6.88. The molecule has 5 aromatic rings. The highest BCUT2D eigenvalue weighted by atomic mass is 19.1. The Bertz CT molecular complexity index is 2420. The number of hydrogen-bond acceptors (Lipinski definition) is 7. The molecule has 0 bridgehead atoms. The van der Waals surface area contributed by atoms with Crippen LogP contribution in [0, 0.1) is 23.3 Å². The molecular formula is C46H50F4N10O3. The standard InChI is InChI=1S/C25H26F2N6O2.C21H24F2N4O/c1-2-28-24(35)33-25(17-7-4-3-5-8-17,11-6-12-31-23(34)22-29-13-14-30-22)16-21(32-33)19-15-18(26)9-10-20(19)27;1-2-25-20(28)27-21(11-6-12-24,15-7-4-3-5-8-15)14-19(26-27)17-13-16(22)9-10-18(17)23/h3-5,7-10,13-15H,2,6,11-12,16H2,1H3,(H,28,35)(H,29,30)(H,31,34);3-5,7-10,13H,2,6,11-12,14,24H2,1H3,(H,25,28). The molecule has 0 saturated carbocycles. The van der Waals surface area contributed by atoms with Gasteiger partial charge in [-0.25, -0.2) is 42.2 Å². The number of benzene rings is 4. The van der Waals surface area contributed by atoms with Gasteiger partial charge in [0.15, 0.2) is 5.82 Å². The largest absolute Gasteiger partial charge is 0.349 e. The highest BCUT2D eigenvalue weighted by Crippen LogP contribution is 2.44. The number of hydrazone groups is 2. The van der Waals surface area contributed by atoms with Crippen LogP contribution in [0.5, 0.6) is 0 Å². The van der Waals surface area contributed by atoms with Crippen molar-refractivity contribution in [3.05, 3.63) is 161 Å². The topological polar surface area (TPSA) is 173 Å². The summed E-state index contributed by atoms with van der Waals surface area (Å²) in [5.41, 5.74) is 6.36. The first-order valence-corrected chi connectivity index (χ1v) is 20.8. The minimum atomic E-state index is -0.954. The number of amides is 5.